The van der Waals surface area contributed by atoms with Crippen molar-refractivity contribution in [2.75, 3.05) is 4.90 Å². The summed E-state index contributed by atoms with van der Waals surface area (Å²) in [6, 6.07) is 92.6. The van der Waals surface area contributed by atoms with Crippen LogP contribution in [-0.4, -0.2) is 4.57 Å². The Bertz CT molecular complexity index is 4270. The molecule has 0 saturated heterocycles. The average molecular weight is 879 g/mol. The highest BCUT2D eigenvalue weighted by atomic mass is 16.3. The fraction of sp³-hybridized carbons (Fsp3) is 0. The SMILES string of the molecule is c1cc(-c2ccc3oc4c5ccccc5ccc4c3c2)cc(N(c2ccc(-c3cccc(-n4c5ccccc5c5ccccc54)c3)cc2)c2ccccc2-c2ccc3c(ccc4ccccc43)c2)c1. The number of hydrogen-bond acceptors (Lipinski definition) is 2. The minimum Gasteiger partial charge on any atom is -0.455 e. The Labute approximate surface area is 399 Å². The van der Waals surface area contributed by atoms with E-state index < -0.39 is 0 Å². The zero-order valence-electron chi connectivity index (χ0n) is 37.6. The van der Waals surface area contributed by atoms with E-state index in [1.165, 1.54) is 48.7 Å². The van der Waals surface area contributed by atoms with Crippen molar-refractivity contribution in [2.24, 2.45) is 0 Å². The quantitative estimate of drug-likeness (QED) is 0.149. The topological polar surface area (TPSA) is 21.3 Å². The summed E-state index contributed by atoms with van der Waals surface area (Å²) in [6.45, 7) is 0. The zero-order valence-corrected chi connectivity index (χ0v) is 37.6. The Balaban J connectivity index is 0.900. The summed E-state index contributed by atoms with van der Waals surface area (Å²) in [6.07, 6.45) is 0. The van der Waals surface area contributed by atoms with Gasteiger partial charge >= 0.3 is 0 Å². The van der Waals surface area contributed by atoms with Crippen LogP contribution in [0.2, 0.25) is 0 Å². The van der Waals surface area contributed by atoms with E-state index in [1.807, 2.05) is 0 Å². The molecule has 0 atom stereocenters. The summed E-state index contributed by atoms with van der Waals surface area (Å²) in [4.78, 5) is 2.42. The lowest BCUT2D eigenvalue weighted by atomic mass is 9.96. The number of fused-ring (bicyclic) bond motifs is 11. The second-order valence-electron chi connectivity index (χ2n) is 18.1. The average Bonchev–Trinajstić information content (AvgIpc) is 3.97. The van der Waals surface area contributed by atoms with Crippen LogP contribution in [-0.2, 0) is 0 Å². The molecule has 0 fully saturated rings. The molecule has 69 heavy (non-hydrogen) atoms. The molecule has 0 aliphatic carbocycles. The molecule has 0 aliphatic heterocycles. The molecule has 3 heteroatoms. The number of aromatic nitrogens is 1. The van der Waals surface area contributed by atoms with Gasteiger partial charge in [0.25, 0.3) is 0 Å². The van der Waals surface area contributed by atoms with Crippen molar-refractivity contribution in [3.8, 4) is 39.1 Å². The first-order valence-electron chi connectivity index (χ1n) is 23.6. The lowest BCUT2D eigenvalue weighted by Gasteiger charge is -2.28. The van der Waals surface area contributed by atoms with Gasteiger partial charge in [0.2, 0.25) is 0 Å². The molecule has 2 aromatic heterocycles. The molecule has 0 aliphatic rings. The van der Waals surface area contributed by atoms with Crippen molar-refractivity contribution in [1.82, 2.24) is 4.57 Å². The smallest absolute Gasteiger partial charge is 0.143 e. The van der Waals surface area contributed by atoms with Crippen LogP contribution >= 0.6 is 0 Å². The molecule has 0 bridgehead atoms. The monoisotopic (exact) mass is 878 g/mol. The molecule has 12 aromatic carbocycles. The molecule has 3 nitrogen and oxygen atoms in total. The predicted octanol–water partition coefficient (Wildman–Crippen LogP) is 18.6. The van der Waals surface area contributed by atoms with E-state index >= 15 is 0 Å². The first-order valence-corrected chi connectivity index (χ1v) is 23.6. The van der Waals surface area contributed by atoms with E-state index in [9.17, 15) is 0 Å². The van der Waals surface area contributed by atoms with E-state index in [-0.39, 0.29) is 0 Å². The highest BCUT2D eigenvalue weighted by molar-refractivity contribution is 6.16. The van der Waals surface area contributed by atoms with Gasteiger partial charge in [-0.15, -0.1) is 0 Å². The Morgan fingerprint density at radius 3 is 1.70 bits per heavy atom. The van der Waals surface area contributed by atoms with Gasteiger partial charge in [0.1, 0.15) is 11.2 Å². The van der Waals surface area contributed by atoms with Crippen LogP contribution in [0.3, 0.4) is 0 Å². The largest absolute Gasteiger partial charge is 0.455 e. The summed E-state index contributed by atoms with van der Waals surface area (Å²) >= 11 is 0. The highest BCUT2D eigenvalue weighted by Crippen LogP contribution is 2.44. The molecule has 322 valence electrons. The number of rotatable bonds is 7. The molecular formula is C66H42N2O. The summed E-state index contributed by atoms with van der Waals surface area (Å²) in [5.41, 5.74) is 15.5. The van der Waals surface area contributed by atoms with Crippen molar-refractivity contribution in [3.05, 3.63) is 255 Å². The predicted molar refractivity (Wildman–Crippen MR) is 292 cm³/mol. The molecule has 0 saturated carbocycles. The summed E-state index contributed by atoms with van der Waals surface area (Å²) < 4.78 is 8.92. The van der Waals surface area contributed by atoms with Crippen LogP contribution in [0.15, 0.2) is 259 Å². The lowest BCUT2D eigenvalue weighted by Crippen LogP contribution is -2.11. The fourth-order valence-electron chi connectivity index (χ4n) is 10.9. The molecule has 0 spiro atoms. The number of benzene rings is 12. The third-order valence-corrected chi connectivity index (χ3v) is 14.1. The van der Waals surface area contributed by atoms with Gasteiger partial charge in [-0.2, -0.15) is 0 Å². The van der Waals surface area contributed by atoms with E-state index in [4.69, 9.17) is 4.42 Å². The van der Waals surface area contributed by atoms with Gasteiger partial charge in [0, 0.05) is 49.6 Å². The first-order chi connectivity index (χ1) is 34.2. The van der Waals surface area contributed by atoms with E-state index in [0.717, 1.165) is 83.5 Å². The van der Waals surface area contributed by atoms with Crippen LogP contribution < -0.4 is 4.90 Å². The van der Waals surface area contributed by atoms with Gasteiger partial charge in [0.05, 0.1) is 16.7 Å². The molecule has 2 heterocycles. The lowest BCUT2D eigenvalue weighted by molar-refractivity contribution is 0.672. The van der Waals surface area contributed by atoms with Crippen LogP contribution in [0.25, 0.3) is 115 Å². The second-order valence-corrected chi connectivity index (χ2v) is 18.1. The number of furan rings is 1. The van der Waals surface area contributed by atoms with Crippen LogP contribution in [0.5, 0.6) is 0 Å². The zero-order chi connectivity index (χ0) is 45.4. The molecule has 14 aromatic rings. The maximum atomic E-state index is 6.53. The van der Waals surface area contributed by atoms with Gasteiger partial charge in [-0.05, 0) is 134 Å². The molecule has 0 amide bonds. The summed E-state index contributed by atoms with van der Waals surface area (Å²) in [7, 11) is 0. The van der Waals surface area contributed by atoms with Gasteiger partial charge in [-0.1, -0.05) is 176 Å². The summed E-state index contributed by atoms with van der Waals surface area (Å²) in [5, 5.41) is 12.1. The molecular weight excluding hydrogens is 837 g/mol. The van der Waals surface area contributed by atoms with Crippen LogP contribution in [0.1, 0.15) is 0 Å². The number of anilines is 3. The standard InChI is InChI=1S/C66H42N2O/c1-3-19-54-44(13-1)27-28-49-39-50(32-36-55(49)54)56-20-5-8-24-62(56)67(52-17-12-16-47(41-52)48-33-38-65-61(42-48)60-37-31-45-14-2-4-21-57(45)66(60)69-65)51-34-29-43(30-35-51)46-15-11-18-53(40-46)68-63-25-9-6-22-58(63)59-23-7-10-26-64(59)68/h1-42H. The third kappa shape index (κ3) is 6.43. The first kappa shape index (κ1) is 39.0. The van der Waals surface area contributed by atoms with Crippen molar-refractivity contribution >= 4 is 93.1 Å². The normalized spacial score (nSPS) is 11.8. The number of para-hydroxylation sites is 3. The van der Waals surface area contributed by atoms with Gasteiger partial charge in [0.15, 0.2) is 0 Å². The van der Waals surface area contributed by atoms with Gasteiger partial charge < -0.3 is 13.9 Å². The Morgan fingerprint density at radius 2 is 0.884 bits per heavy atom. The Kier molecular flexibility index (Phi) is 8.90. The van der Waals surface area contributed by atoms with Crippen LogP contribution in [0.4, 0.5) is 17.1 Å². The van der Waals surface area contributed by atoms with Crippen molar-refractivity contribution < 1.29 is 4.42 Å². The van der Waals surface area contributed by atoms with Crippen LogP contribution in [0, 0.1) is 0 Å². The second kappa shape index (κ2) is 15.7. The molecule has 14 rings (SSSR count). The van der Waals surface area contributed by atoms with Gasteiger partial charge in [-0.25, -0.2) is 0 Å². The minimum atomic E-state index is 0.890. The van der Waals surface area contributed by atoms with Crippen molar-refractivity contribution in [2.45, 2.75) is 0 Å². The highest BCUT2D eigenvalue weighted by Gasteiger charge is 2.20. The van der Waals surface area contributed by atoms with E-state index in [1.54, 1.807) is 0 Å². The maximum absolute atomic E-state index is 6.53. The van der Waals surface area contributed by atoms with Gasteiger partial charge in [-0.3, -0.25) is 0 Å². The summed E-state index contributed by atoms with van der Waals surface area (Å²) in [5.74, 6) is 0. The molecule has 0 unspecified atom stereocenters. The van der Waals surface area contributed by atoms with E-state index in [0.29, 0.717) is 0 Å². The maximum Gasteiger partial charge on any atom is 0.143 e. The third-order valence-electron chi connectivity index (χ3n) is 14.1. The molecule has 0 radical (unpaired) electrons. The minimum absolute atomic E-state index is 0.890. The van der Waals surface area contributed by atoms with Crippen molar-refractivity contribution in [3.63, 3.8) is 0 Å². The molecule has 0 N–H and O–H groups in total. The Morgan fingerprint density at radius 1 is 0.304 bits per heavy atom. The van der Waals surface area contributed by atoms with E-state index in [2.05, 4.69) is 264 Å². The number of hydrogen-bond donors (Lipinski definition) is 0. The Hall–Kier alpha value is -9.18. The fourth-order valence-corrected chi connectivity index (χ4v) is 10.9. The number of nitrogens with zero attached hydrogens (tertiary/aromatic N) is 2. The van der Waals surface area contributed by atoms with Crippen molar-refractivity contribution in [1.29, 1.82) is 0 Å².